The molecule has 1 saturated heterocycles. The quantitative estimate of drug-likeness (QED) is 0.538. The van der Waals surface area contributed by atoms with Crippen LogP contribution in [0.1, 0.15) is 29.9 Å². The van der Waals surface area contributed by atoms with Crippen molar-refractivity contribution in [2.24, 2.45) is 7.05 Å². The van der Waals surface area contributed by atoms with Gasteiger partial charge in [-0.05, 0) is 42.5 Å². The van der Waals surface area contributed by atoms with Gasteiger partial charge in [0.25, 0.3) is 0 Å². The molecule has 1 N–H and O–H groups in total. The van der Waals surface area contributed by atoms with E-state index < -0.39 is 0 Å². The summed E-state index contributed by atoms with van der Waals surface area (Å²) in [6.07, 6.45) is 4.53. The second kappa shape index (κ2) is 10.6. The first-order valence-electron chi connectivity index (χ1n) is 11.4. The van der Waals surface area contributed by atoms with Crippen LogP contribution in [-0.4, -0.2) is 54.8 Å². The van der Waals surface area contributed by atoms with Crippen molar-refractivity contribution in [3.8, 4) is 0 Å². The lowest BCUT2D eigenvalue weighted by molar-refractivity contribution is -0.121. The third kappa shape index (κ3) is 5.75. The molecule has 164 valence electrons. The van der Waals surface area contributed by atoms with E-state index in [-0.39, 0.29) is 11.8 Å². The number of aromatic nitrogens is 1. The van der Waals surface area contributed by atoms with Gasteiger partial charge in [0, 0.05) is 50.2 Å². The van der Waals surface area contributed by atoms with Gasteiger partial charge in [-0.1, -0.05) is 48.5 Å². The highest BCUT2D eigenvalue weighted by atomic mass is 16.5. The molecule has 31 heavy (non-hydrogen) atoms. The van der Waals surface area contributed by atoms with Gasteiger partial charge in [-0.15, -0.1) is 0 Å². The second-order valence-electron chi connectivity index (χ2n) is 8.46. The molecule has 1 atom stereocenters. The number of ether oxygens (including phenoxy) is 1. The molecule has 1 aliphatic heterocycles. The maximum Gasteiger partial charge on any atom is 0.220 e. The van der Waals surface area contributed by atoms with Gasteiger partial charge in [-0.2, -0.15) is 0 Å². The van der Waals surface area contributed by atoms with Crippen molar-refractivity contribution in [2.75, 3.05) is 39.4 Å². The first-order chi connectivity index (χ1) is 15.2. The zero-order chi connectivity index (χ0) is 21.5. The minimum Gasteiger partial charge on any atom is -0.379 e. The van der Waals surface area contributed by atoms with Crippen LogP contribution < -0.4 is 5.32 Å². The number of fused-ring (bicyclic) bond motifs is 1. The summed E-state index contributed by atoms with van der Waals surface area (Å²) in [6.45, 7) is 5.36. The summed E-state index contributed by atoms with van der Waals surface area (Å²) in [4.78, 5) is 15.3. The standard InChI is InChI=1S/C26H33N3O2/c1-28-20-24(23-10-5-6-11-25(23)28)22(18-21-8-3-2-4-9-21)19-26(30)27-12-7-13-29-14-16-31-17-15-29/h2-6,8-11,20,22H,7,12-19H2,1H3,(H,27,30). The highest BCUT2D eigenvalue weighted by Crippen LogP contribution is 2.32. The monoisotopic (exact) mass is 419 g/mol. The zero-order valence-electron chi connectivity index (χ0n) is 18.4. The molecule has 3 aromatic rings. The molecular formula is C26H33N3O2. The number of nitrogens with one attached hydrogen (secondary N) is 1. The van der Waals surface area contributed by atoms with Crippen molar-refractivity contribution in [3.63, 3.8) is 0 Å². The summed E-state index contributed by atoms with van der Waals surface area (Å²) in [6, 6.07) is 18.9. The molecule has 0 spiro atoms. The lowest BCUT2D eigenvalue weighted by Gasteiger charge is -2.26. The number of carbonyl (C=O) groups is 1. The number of amides is 1. The van der Waals surface area contributed by atoms with Crippen LogP contribution in [0.15, 0.2) is 60.8 Å². The predicted molar refractivity (Wildman–Crippen MR) is 125 cm³/mol. The highest BCUT2D eigenvalue weighted by Gasteiger charge is 2.21. The number of nitrogens with zero attached hydrogens (tertiary/aromatic N) is 2. The van der Waals surface area contributed by atoms with E-state index in [1.165, 1.54) is 22.0 Å². The summed E-state index contributed by atoms with van der Waals surface area (Å²) in [7, 11) is 2.08. The number of carbonyl (C=O) groups excluding carboxylic acids is 1. The van der Waals surface area contributed by atoms with Gasteiger partial charge in [-0.25, -0.2) is 0 Å². The Balaban J connectivity index is 1.41. The molecule has 1 aliphatic rings. The number of para-hydroxylation sites is 1. The fourth-order valence-corrected chi connectivity index (χ4v) is 4.54. The normalized spacial score (nSPS) is 15.8. The van der Waals surface area contributed by atoms with Crippen LogP contribution in [0.3, 0.4) is 0 Å². The molecule has 5 heteroatoms. The topological polar surface area (TPSA) is 46.5 Å². The largest absolute Gasteiger partial charge is 0.379 e. The van der Waals surface area contributed by atoms with Crippen molar-refractivity contribution >= 4 is 16.8 Å². The van der Waals surface area contributed by atoms with Crippen LogP contribution in [0.5, 0.6) is 0 Å². The van der Waals surface area contributed by atoms with Gasteiger partial charge in [0.1, 0.15) is 0 Å². The molecule has 2 heterocycles. The van der Waals surface area contributed by atoms with Crippen LogP contribution in [0.2, 0.25) is 0 Å². The number of hydrogen-bond donors (Lipinski definition) is 1. The number of rotatable bonds is 9. The number of benzene rings is 2. The zero-order valence-corrected chi connectivity index (χ0v) is 18.4. The molecule has 0 saturated carbocycles. The van der Waals surface area contributed by atoms with Gasteiger partial charge >= 0.3 is 0 Å². The summed E-state index contributed by atoms with van der Waals surface area (Å²) >= 11 is 0. The Bertz CT molecular complexity index is 977. The minimum absolute atomic E-state index is 0.135. The summed E-state index contributed by atoms with van der Waals surface area (Å²) in [5.74, 6) is 0.281. The van der Waals surface area contributed by atoms with Crippen molar-refractivity contribution < 1.29 is 9.53 Å². The average Bonchev–Trinajstić information content (AvgIpc) is 3.14. The van der Waals surface area contributed by atoms with Crippen LogP contribution in [0.25, 0.3) is 10.9 Å². The summed E-state index contributed by atoms with van der Waals surface area (Å²) in [5.41, 5.74) is 3.73. The Hall–Kier alpha value is -2.63. The Morgan fingerprint density at radius 2 is 1.81 bits per heavy atom. The van der Waals surface area contributed by atoms with Gasteiger partial charge in [0.05, 0.1) is 13.2 Å². The Morgan fingerprint density at radius 3 is 2.61 bits per heavy atom. The second-order valence-corrected chi connectivity index (χ2v) is 8.46. The molecular weight excluding hydrogens is 386 g/mol. The fourth-order valence-electron chi connectivity index (χ4n) is 4.54. The van der Waals surface area contributed by atoms with Crippen molar-refractivity contribution in [2.45, 2.75) is 25.2 Å². The smallest absolute Gasteiger partial charge is 0.220 e. The van der Waals surface area contributed by atoms with Gasteiger partial charge in [-0.3, -0.25) is 9.69 Å². The van der Waals surface area contributed by atoms with E-state index >= 15 is 0 Å². The highest BCUT2D eigenvalue weighted by molar-refractivity contribution is 5.86. The fraction of sp³-hybridized carbons (Fsp3) is 0.423. The van der Waals surface area contributed by atoms with Crippen LogP contribution in [-0.2, 0) is 23.0 Å². The lowest BCUT2D eigenvalue weighted by Crippen LogP contribution is -2.38. The average molecular weight is 420 g/mol. The van der Waals surface area contributed by atoms with Gasteiger partial charge in [0.2, 0.25) is 5.91 Å². The molecule has 2 aromatic carbocycles. The third-order valence-corrected chi connectivity index (χ3v) is 6.20. The van der Waals surface area contributed by atoms with E-state index in [1.807, 2.05) is 6.07 Å². The summed E-state index contributed by atoms with van der Waals surface area (Å²) in [5, 5.41) is 4.40. The Labute approximate surface area is 185 Å². The number of aryl methyl sites for hydroxylation is 1. The maximum atomic E-state index is 12.9. The molecule has 1 aromatic heterocycles. The van der Waals surface area contributed by atoms with Crippen molar-refractivity contribution in [3.05, 3.63) is 71.9 Å². The molecule has 1 amide bonds. The van der Waals surface area contributed by atoms with E-state index in [9.17, 15) is 4.79 Å². The van der Waals surface area contributed by atoms with Crippen LogP contribution in [0.4, 0.5) is 0 Å². The van der Waals surface area contributed by atoms with E-state index in [1.54, 1.807) is 0 Å². The third-order valence-electron chi connectivity index (χ3n) is 6.20. The number of hydrogen-bond acceptors (Lipinski definition) is 3. The van der Waals surface area contributed by atoms with E-state index in [4.69, 9.17) is 4.74 Å². The molecule has 1 fully saturated rings. The first-order valence-corrected chi connectivity index (χ1v) is 11.4. The van der Waals surface area contributed by atoms with Crippen molar-refractivity contribution in [1.29, 1.82) is 0 Å². The van der Waals surface area contributed by atoms with Crippen molar-refractivity contribution in [1.82, 2.24) is 14.8 Å². The van der Waals surface area contributed by atoms with Crippen LogP contribution >= 0.6 is 0 Å². The molecule has 4 rings (SSSR count). The Morgan fingerprint density at radius 1 is 1.06 bits per heavy atom. The number of morpholine rings is 1. The van der Waals surface area contributed by atoms with Gasteiger partial charge < -0.3 is 14.6 Å². The molecule has 5 nitrogen and oxygen atoms in total. The van der Waals surface area contributed by atoms with Gasteiger partial charge in [0.15, 0.2) is 0 Å². The minimum atomic E-state index is 0.135. The molecule has 0 bridgehead atoms. The lowest BCUT2D eigenvalue weighted by atomic mass is 9.88. The van der Waals surface area contributed by atoms with Crippen LogP contribution in [0, 0.1) is 0 Å². The molecule has 0 aliphatic carbocycles. The molecule has 0 radical (unpaired) electrons. The Kier molecular flexibility index (Phi) is 7.39. The SMILES string of the molecule is Cn1cc(C(CC(=O)NCCCN2CCOCC2)Cc2ccccc2)c2ccccc21. The predicted octanol–water partition coefficient (Wildman–Crippen LogP) is 3.73. The maximum absolute atomic E-state index is 12.9. The first kappa shape index (κ1) is 21.6. The molecule has 1 unspecified atom stereocenters. The summed E-state index contributed by atoms with van der Waals surface area (Å²) < 4.78 is 7.57. The van der Waals surface area contributed by atoms with E-state index in [0.29, 0.717) is 6.42 Å². The van der Waals surface area contributed by atoms with E-state index in [2.05, 4.69) is 76.6 Å². The van der Waals surface area contributed by atoms with E-state index in [0.717, 1.165) is 52.2 Å².